The van der Waals surface area contributed by atoms with Gasteiger partial charge in [-0.05, 0) is 36.5 Å². The van der Waals surface area contributed by atoms with E-state index in [2.05, 4.69) is 5.32 Å². The van der Waals surface area contributed by atoms with Gasteiger partial charge in [0.2, 0.25) is 5.91 Å². The highest BCUT2D eigenvalue weighted by Crippen LogP contribution is 2.28. The third kappa shape index (κ3) is 4.87. The molecule has 0 aliphatic heterocycles. The van der Waals surface area contributed by atoms with Crippen LogP contribution in [0.25, 0.3) is 0 Å². The fraction of sp³-hybridized carbons (Fsp3) is 0.588. The van der Waals surface area contributed by atoms with E-state index in [1.807, 2.05) is 24.3 Å². The third-order valence-corrected chi connectivity index (χ3v) is 4.15. The second-order valence-corrected chi connectivity index (χ2v) is 5.64. The van der Waals surface area contributed by atoms with Crippen molar-refractivity contribution in [3.8, 4) is 5.75 Å². The number of benzene rings is 1. The van der Waals surface area contributed by atoms with Crippen molar-refractivity contribution in [3.05, 3.63) is 29.8 Å². The van der Waals surface area contributed by atoms with Gasteiger partial charge in [-0.1, -0.05) is 37.8 Å². The molecule has 110 valence electrons. The molecule has 0 heterocycles. The zero-order valence-electron chi connectivity index (χ0n) is 12.4. The summed E-state index contributed by atoms with van der Waals surface area (Å²) in [6.45, 7) is 0.718. The van der Waals surface area contributed by atoms with Gasteiger partial charge in [-0.2, -0.15) is 0 Å². The molecule has 0 unspecified atom stereocenters. The van der Waals surface area contributed by atoms with Crippen molar-refractivity contribution in [1.29, 1.82) is 0 Å². The second-order valence-electron chi connectivity index (χ2n) is 5.64. The van der Waals surface area contributed by atoms with E-state index in [4.69, 9.17) is 4.74 Å². The molecular formula is C17H25NO2. The molecule has 0 atom stereocenters. The van der Waals surface area contributed by atoms with Crippen molar-refractivity contribution in [3.63, 3.8) is 0 Å². The Labute approximate surface area is 121 Å². The Morgan fingerprint density at radius 1 is 1.25 bits per heavy atom. The van der Waals surface area contributed by atoms with Crippen LogP contribution in [0, 0.1) is 5.92 Å². The lowest BCUT2D eigenvalue weighted by Crippen LogP contribution is -2.25. The number of carbonyl (C=O) groups is 1. The van der Waals surface area contributed by atoms with Crippen LogP contribution in [0.3, 0.4) is 0 Å². The lowest BCUT2D eigenvalue weighted by atomic mass is 10.0. The summed E-state index contributed by atoms with van der Waals surface area (Å²) in [6, 6.07) is 8.00. The standard InChI is InChI=1S/C17H25NO2/c1-20-16-9-6-15(7-10-16)12-13-18-17(19)11-8-14-4-2-3-5-14/h6-7,9-10,14H,2-5,8,11-13H2,1H3,(H,18,19). The van der Waals surface area contributed by atoms with Crippen LogP contribution in [0.15, 0.2) is 24.3 Å². The van der Waals surface area contributed by atoms with Crippen molar-refractivity contribution in [2.24, 2.45) is 5.92 Å². The van der Waals surface area contributed by atoms with Crippen molar-refractivity contribution < 1.29 is 9.53 Å². The first-order valence-electron chi connectivity index (χ1n) is 7.67. The number of hydrogen-bond acceptors (Lipinski definition) is 2. The highest BCUT2D eigenvalue weighted by Gasteiger charge is 2.15. The topological polar surface area (TPSA) is 38.3 Å². The molecule has 1 aliphatic rings. The van der Waals surface area contributed by atoms with Gasteiger partial charge in [0.15, 0.2) is 0 Å². The molecule has 20 heavy (non-hydrogen) atoms. The van der Waals surface area contributed by atoms with Gasteiger partial charge in [0.25, 0.3) is 0 Å². The Morgan fingerprint density at radius 3 is 2.60 bits per heavy atom. The number of hydrogen-bond donors (Lipinski definition) is 1. The van der Waals surface area contributed by atoms with E-state index >= 15 is 0 Å². The van der Waals surface area contributed by atoms with Gasteiger partial charge in [-0.15, -0.1) is 0 Å². The van der Waals surface area contributed by atoms with E-state index in [0.717, 1.165) is 31.1 Å². The van der Waals surface area contributed by atoms with Crippen molar-refractivity contribution in [2.45, 2.75) is 44.9 Å². The van der Waals surface area contributed by atoms with Crippen LogP contribution < -0.4 is 10.1 Å². The average molecular weight is 275 g/mol. The summed E-state index contributed by atoms with van der Waals surface area (Å²) in [4.78, 5) is 11.8. The molecule has 0 spiro atoms. The minimum atomic E-state index is 0.199. The van der Waals surface area contributed by atoms with Gasteiger partial charge in [0.05, 0.1) is 7.11 Å². The van der Waals surface area contributed by atoms with Gasteiger partial charge in [-0.25, -0.2) is 0 Å². The van der Waals surface area contributed by atoms with Crippen LogP contribution in [-0.2, 0) is 11.2 Å². The molecule has 1 aliphatic carbocycles. The predicted molar refractivity (Wildman–Crippen MR) is 80.9 cm³/mol. The van der Waals surface area contributed by atoms with E-state index in [-0.39, 0.29) is 5.91 Å². The van der Waals surface area contributed by atoms with E-state index in [9.17, 15) is 4.79 Å². The maximum Gasteiger partial charge on any atom is 0.220 e. The van der Waals surface area contributed by atoms with Crippen molar-refractivity contribution in [2.75, 3.05) is 13.7 Å². The molecule has 1 amide bonds. The van der Waals surface area contributed by atoms with E-state index in [0.29, 0.717) is 6.42 Å². The van der Waals surface area contributed by atoms with E-state index in [1.54, 1.807) is 7.11 Å². The summed E-state index contributed by atoms with van der Waals surface area (Å²) in [5.74, 6) is 1.86. The monoisotopic (exact) mass is 275 g/mol. The minimum Gasteiger partial charge on any atom is -0.497 e. The molecule has 3 heteroatoms. The van der Waals surface area contributed by atoms with E-state index < -0.39 is 0 Å². The lowest BCUT2D eigenvalue weighted by Gasteiger charge is -2.09. The Kier molecular flexibility index (Phi) is 5.90. The van der Waals surface area contributed by atoms with Gasteiger partial charge in [0, 0.05) is 13.0 Å². The van der Waals surface area contributed by atoms with E-state index in [1.165, 1.54) is 31.2 Å². The number of carbonyl (C=O) groups excluding carboxylic acids is 1. The summed E-state index contributed by atoms with van der Waals surface area (Å²) in [5, 5.41) is 3.01. The summed E-state index contributed by atoms with van der Waals surface area (Å²) in [6.07, 6.45) is 7.96. The number of amides is 1. The Balaban J connectivity index is 1.60. The maximum absolute atomic E-state index is 11.8. The Morgan fingerprint density at radius 2 is 1.95 bits per heavy atom. The van der Waals surface area contributed by atoms with Crippen molar-refractivity contribution >= 4 is 5.91 Å². The quantitative estimate of drug-likeness (QED) is 0.829. The average Bonchev–Trinajstić information content (AvgIpc) is 2.99. The molecule has 3 nitrogen and oxygen atoms in total. The fourth-order valence-electron chi connectivity index (χ4n) is 2.86. The van der Waals surface area contributed by atoms with Gasteiger partial charge in [0.1, 0.15) is 5.75 Å². The second kappa shape index (κ2) is 7.93. The molecule has 1 N–H and O–H groups in total. The van der Waals surface area contributed by atoms with Gasteiger partial charge in [-0.3, -0.25) is 4.79 Å². The third-order valence-electron chi connectivity index (χ3n) is 4.15. The lowest BCUT2D eigenvalue weighted by molar-refractivity contribution is -0.121. The van der Waals surface area contributed by atoms with Gasteiger partial charge >= 0.3 is 0 Å². The highest BCUT2D eigenvalue weighted by molar-refractivity contribution is 5.75. The summed E-state index contributed by atoms with van der Waals surface area (Å²) >= 11 is 0. The molecule has 0 aromatic heterocycles. The molecule has 1 aromatic carbocycles. The molecule has 0 bridgehead atoms. The maximum atomic E-state index is 11.8. The summed E-state index contributed by atoms with van der Waals surface area (Å²) < 4.78 is 5.12. The molecule has 1 aromatic rings. The molecular weight excluding hydrogens is 250 g/mol. The largest absolute Gasteiger partial charge is 0.497 e. The first-order chi connectivity index (χ1) is 9.78. The molecule has 2 rings (SSSR count). The molecule has 1 fully saturated rings. The highest BCUT2D eigenvalue weighted by atomic mass is 16.5. The number of rotatable bonds is 7. The van der Waals surface area contributed by atoms with Crippen LogP contribution in [0.4, 0.5) is 0 Å². The summed E-state index contributed by atoms with van der Waals surface area (Å²) in [5.41, 5.74) is 1.22. The first-order valence-corrected chi connectivity index (χ1v) is 7.67. The minimum absolute atomic E-state index is 0.199. The zero-order chi connectivity index (χ0) is 14.2. The Hall–Kier alpha value is -1.51. The SMILES string of the molecule is COc1ccc(CCNC(=O)CCC2CCCC2)cc1. The van der Waals surface area contributed by atoms with Crippen molar-refractivity contribution in [1.82, 2.24) is 5.32 Å². The summed E-state index contributed by atoms with van der Waals surface area (Å²) in [7, 11) is 1.67. The zero-order valence-corrected chi connectivity index (χ0v) is 12.4. The normalized spacial score (nSPS) is 15.2. The molecule has 1 saturated carbocycles. The molecule has 0 radical (unpaired) electrons. The predicted octanol–water partition coefficient (Wildman–Crippen LogP) is 3.32. The molecule has 0 saturated heterocycles. The smallest absolute Gasteiger partial charge is 0.220 e. The van der Waals surface area contributed by atoms with Crippen LogP contribution in [-0.4, -0.2) is 19.6 Å². The first kappa shape index (κ1) is 14.9. The van der Waals surface area contributed by atoms with Crippen LogP contribution in [0.1, 0.15) is 44.1 Å². The van der Waals surface area contributed by atoms with Crippen LogP contribution in [0.5, 0.6) is 5.75 Å². The Bertz CT molecular complexity index is 408. The fourth-order valence-corrected chi connectivity index (χ4v) is 2.86. The number of ether oxygens (including phenoxy) is 1. The number of methoxy groups -OCH3 is 1. The van der Waals surface area contributed by atoms with Crippen LogP contribution >= 0.6 is 0 Å². The number of nitrogens with one attached hydrogen (secondary N) is 1. The van der Waals surface area contributed by atoms with Crippen LogP contribution in [0.2, 0.25) is 0 Å². The van der Waals surface area contributed by atoms with Gasteiger partial charge < -0.3 is 10.1 Å².